The zero-order valence-corrected chi connectivity index (χ0v) is 15.1. The Balaban J connectivity index is 2.29. The van der Waals surface area contributed by atoms with Gasteiger partial charge >= 0.3 is 6.18 Å². The number of aryl methyl sites for hydroxylation is 1. The SMILES string of the molecule is COc1ccc(C)cc1NC(=O)CN(C(C)=O)c1ccccc1C(F)(F)F. The van der Waals surface area contributed by atoms with Crippen molar-refractivity contribution in [1.29, 1.82) is 0 Å². The number of hydrogen-bond donors (Lipinski definition) is 1. The Hall–Kier alpha value is -3.03. The Morgan fingerprint density at radius 3 is 2.41 bits per heavy atom. The molecule has 2 aromatic rings. The predicted octanol–water partition coefficient (Wildman–Crippen LogP) is 4.01. The van der Waals surface area contributed by atoms with Crippen molar-refractivity contribution in [3.8, 4) is 5.75 Å². The van der Waals surface area contributed by atoms with Crippen LogP contribution in [0.4, 0.5) is 24.5 Å². The zero-order chi connectivity index (χ0) is 20.2. The van der Waals surface area contributed by atoms with Crippen LogP contribution in [0, 0.1) is 6.92 Å². The standard InChI is InChI=1S/C19H19F3N2O3/c1-12-8-9-17(27-3)15(10-12)23-18(26)11-24(13(2)25)16-7-5-4-6-14(16)19(20,21)22/h4-10H,11H2,1-3H3,(H,23,26). The van der Waals surface area contributed by atoms with E-state index in [1.807, 2.05) is 6.92 Å². The lowest BCUT2D eigenvalue weighted by Gasteiger charge is -2.24. The molecule has 0 fully saturated rings. The average molecular weight is 380 g/mol. The molecule has 0 aliphatic rings. The highest BCUT2D eigenvalue weighted by atomic mass is 19.4. The monoisotopic (exact) mass is 380 g/mol. The van der Waals surface area contributed by atoms with Gasteiger partial charge in [-0.05, 0) is 36.8 Å². The fraction of sp³-hybridized carbons (Fsp3) is 0.263. The van der Waals surface area contributed by atoms with Crippen molar-refractivity contribution in [3.05, 3.63) is 53.6 Å². The molecule has 0 bridgehead atoms. The van der Waals surface area contributed by atoms with Gasteiger partial charge in [-0.2, -0.15) is 13.2 Å². The molecule has 2 rings (SSSR count). The van der Waals surface area contributed by atoms with Crippen LogP contribution in [0.25, 0.3) is 0 Å². The Labute approximate surface area is 154 Å². The average Bonchev–Trinajstić information content (AvgIpc) is 2.59. The quantitative estimate of drug-likeness (QED) is 0.853. The second-order valence-corrected chi connectivity index (χ2v) is 5.87. The maximum Gasteiger partial charge on any atom is 0.418 e. The largest absolute Gasteiger partial charge is 0.495 e. The number of amides is 2. The van der Waals surface area contributed by atoms with Crippen molar-refractivity contribution >= 4 is 23.2 Å². The van der Waals surface area contributed by atoms with Crippen LogP contribution in [0.15, 0.2) is 42.5 Å². The molecule has 8 heteroatoms. The second-order valence-electron chi connectivity index (χ2n) is 5.87. The van der Waals surface area contributed by atoms with Gasteiger partial charge in [-0.1, -0.05) is 18.2 Å². The second kappa shape index (κ2) is 8.11. The number of halogens is 3. The van der Waals surface area contributed by atoms with E-state index >= 15 is 0 Å². The highest BCUT2D eigenvalue weighted by molar-refractivity contribution is 6.02. The summed E-state index contributed by atoms with van der Waals surface area (Å²) in [4.78, 5) is 25.1. The van der Waals surface area contributed by atoms with E-state index < -0.39 is 30.1 Å². The Morgan fingerprint density at radius 2 is 1.81 bits per heavy atom. The predicted molar refractivity (Wildman–Crippen MR) is 95.8 cm³/mol. The number of carbonyl (C=O) groups excluding carboxylic acids is 2. The van der Waals surface area contributed by atoms with E-state index in [-0.39, 0.29) is 5.69 Å². The van der Waals surface area contributed by atoms with Gasteiger partial charge in [0.2, 0.25) is 11.8 Å². The molecule has 0 aliphatic heterocycles. The van der Waals surface area contributed by atoms with Crippen LogP contribution in [-0.2, 0) is 15.8 Å². The number of carbonyl (C=O) groups is 2. The van der Waals surface area contributed by atoms with Crippen LogP contribution in [0.2, 0.25) is 0 Å². The maximum absolute atomic E-state index is 13.2. The summed E-state index contributed by atoms with van der Waals surface area (Å²) in [5.74, 6) is -0.928. The van der Waals surface area contributed by atoms with Crippen LogP contribution in [0.3, 0.4) is 0 Å². The number of ether oxygens (including phenoxy) is 1. The number of rotatable bonds is 5. The summed E-state index contributed by atoms with van der Waals surface area (Å²) >= 11 is 0. The van der Waals surface area contributed by atoms with Crippen molar-refractivity contribution in [2.75, 3.05) is 23.9 Å². The lowest BCUT2D eigenvalue weighted by molar-refractivity contribution is -0.137. The number of hydrogen-bond acceptors (Lipinski definition) is 3. The number of para-hydroxylation sites is 1. The third kappa shape index (κ3) is 4.99. The summed E-state index contributed by atoms with van der Waals surface area (Å²) in [6, 6.07) is 9.74. The summed E-state index contributed by atoms with van der Waals surface area (Å²) in [5.41, 5.74) is -0.128. The molecule has 0 radical (unpaired) electrons. The Morgan fingerprint density at radius 1 is 1.15 bits per heavy atom. The number of alkyl halides is 3. The van der Waals surface area contributed by atoms with Gasteiger partial charge in [0.05, 0.1) is 24.0 Å². The summed E-state index contributed by atoms with van der Waals surface area (Å²) in [7, 11) is 1.43. The normalized spacial score (nSPS) is 11.0. The summed E-state index contributed by atoms with van der Waals surface area (Å²) in [6.45, 7) is 2.35. The van der Waals surface area contributed by atoms with Gasteiger partial charge in [0.15, 0.2) is 0 Å². The minimum Gasteiger partial charge on any atom is -0.495 e. The van der Waals surface area contributed by atoms with Crippen LogP contribution >= 0.6 is 0 Å². The smallest absolute Gasteiger partial charge is 0.418 e. The van der Waals surface area contributed by atoms with Crippen molar-refractivity contribution < 1.29 is 27.5 Å². The molecule has 0 spiro atoms. The molecule has 0 atom stereocenters. The molecule has 2 aromatic carbocycles. The Bertz CT molecular complexity index is 850. The van der Waals surface area contributed by atoms with E-state index in [1.54, 1.807) is 18.2 Å². The van der Waals surface area contributed by atoms with E-state index in [4.69, 9.17) is 4.74 Å². The lowest BCUT2D eigenvalue weighted by Crippen LogP contribution is -2.38. The third-order valence-corrected chi connectivity index (χ3v) is 3.81. The first-order valence-electron chi connectivity index (χ1n) is 8.02. The van der Waals surface area contributed by atoms with E-state index in [0.29, 0.717) is 11.4 Å². The van der Waals surface area contributed by atoms with E-state index in [2.05, 4.69) is 5.32 Å². The van der Waals surface area contributed by atoms with Crippen LogP contribution in [0.1, 0.15) is 18.1 Å². The highest BCUT2D eigenvalue weighted by Crippen LogP contribution is 2.36. The Kier molecular flexibility index (Phi) is 6.09. The number of benzene rings is 2. The van der Waals surface area contributed by atoms with Gasteiger partial charge < -0.3 is 15.0 Å². The third-order valence-electron chi connectivity index (χ3n) is 3.81. The maximum atomic E-state index is 13.2. The molecule has 0 saturated heterocycles. The van der Waals surface area contributed by atoms with Gasteiger partial charge in [-0.3, -0.25) is 9.59 Å². The number of nitrogens with zero attached hydrogens (tertiary/aromatic N) is 1. The van der Waals surface area contributed by atoms with Crippen LogP contribution in [0.5, 0.6) is 5.75 Å². The van der Waals surface area contributed by atoms with Crippen molar-refractivity contribution in [2.45, 2.75) is 20.0 Å². The van der Waals surface area contributed by atoms with Gasteiger partial charge in [-0.15, -0.1) is 0 Å². The lowest BCUT2D eigenvalue weighted by atomic mass is 10.1. The molecule has 0 aromatic heterocycles. The molecular formula is C19H19F3N2O3. The minimum absolute atomic E-state index is 0.370. The first-order valence-corrected chi connectivity index (χ1v) is 8.02. The van der Waals surface area contributed by atoms with Crippen molar-refractivity contribution in [1.82, 2.24) is 0 Å². The van der Waals surface area contributed by atoms with Gasteiger partial charge in [0.1, 0.15) is 12.3 Å². The summed E-state index contributed by atoms with van der Waals surface area (Å²) in [6.07, 6.45) is -4.65. The minimum atomic E-state index is -4.65. The molecule has 27 heavy (non-hydrogen) atoms. The van der Waals surface area contributed by atoms with E-state index in [0.717, 1.165) is 29.5 Å². The zero-order valence-electron chi connectivity index (χ0n) is 15.1. The van der Waals surface area contributed by atoms with Crippen molar-refractivity contribution in [2.24, 2.45) is 0 Å². The first kappa shape index (κ1) is 20.3. The topological polar surface area (TPSA) is 58.6 Å². The number of methoxy groups -OCH3 is 1. The highest BCUT2D eigenvalue weighted by Gasteiger charge is 2.35. The van der Waals surface area contributed by atoms with Crippen LogP contribution < -0.4 is 15.0 Å². The van der Waals surface area contributed by atoms with Gasteiger partial charge in [0.25, 0.3) is 0 Å². The number of anilines is 2. The van der Waals surface area contributed by atoms with E-state index in [1.165, 1.54) is 19.2 Å². The van der Waals surface area contributed by atoms with Gasteiger partial charge in [-0.25, -0.2) is 0 Å². The first-order chi connectivity index (χ1) is 12.6. The molecule has 0 unspecified atom stereocenters. The van der Waals surface area contributed by atoms with Gasteiger partial charge in [0, 0.05) is 6.92 Å². The molecule has 2 amide bonds. The molecule has 0 aliphatic carbocycles. The van der Waals surface area contributed by atoms with E-state index in [9.17, 15) is 22.8 Å². The molecular weight excluding hydrogens is 361 g/mol. The fourth-order valence-electron chi connectivity index (χ4n) is 2.57. The molecule has 0 heterocycles. The number of nitrogens with one attached hydrogen (secondary N) is 1. The molecule has 0 saturated carbocycles. The van der Waals surface area contributed by atoms with Crippen LogP contribution in [-0.4, -0.2) is 25.5 Å². The molecule has 144 valence electrons. The fourth-order valence-corrected chi connectivity index (χ4v) is 2.57. The van der Waals surface area contributed by atoms with Crippen molar-refractivity contribution in [3.63, 3.8) is 0 Å². The molecule has 1 N–H and O–H groups in total. The molecule has 5 nitrogen and oxygen atoms in total. The summed E-state index contributed by atoms with van der Waals surface area (Å²) < 4.78 is 44.9. The summed E-state index contributed by atoms with van der Waals surface area (Å²) in [5, 5.41) is 2.58.